The van der Waals surface area contributed by atoms with Gasteiger partial charge in [0.15, 0.2) is 11.5 Å². The average molecular weight is 353 g/mol. The van der Waals surface area contributed by atoms with Crippen LogP contribution in [0.15, 0.2) is 41.3 Å². The molecule has 130 valence electrons. The van der Waals surface area contributed by atoms with Crippen molar-refractivity contribution in [1.82, 2.24) is 0 Å². The van der Waals surface area contributed by atoms with Crippen LogP contribution in [0.3, 0.4) is 0 Å². The van der Waals surface area contributed by atoms with Crippen molar-refractivity contribution < 1.29 is 22.3 Å². The molecule has 0 fully saturated rings. The molecule has 0 aliphatic rings. The molecule has 0 aliphatic carbocycles. The highest BCUT2D eigenvalue weighted by Crippen LogP contribution is 2.33. The van der Waals surface area contributed by atoms with Gasteiger partial charge in [-0.1, -0.05) is 32.0 Å². The van der Waals surface area contributed by atoms with Crippen molar-refractivity contribution in [3.8, 4) is 11.5 Å². The molecule has 0 saturated heterocycles. The van der Waals surface area contributed by atoms with Crippen LogP contribution in [-0.2, 0) is 10.0 Å². The highest BCUT2D eigenvalue weighted by atomic mass is 32.2. The van der Waals surface area contributed by atoms with Crippen LogP contribution < -0.4 is 14.2 Å². The van der Waals surface area contributed by atoms with Crippen LogP contribution in [0.5, 0.6) is 11.5 Å². The fourth-order valence-corrected chi connectivity index (χ4v) is 3.50. The van der Waals surface area contributed by atoms with Crippen LogP contribution >= 0.6 is 0 Å². The Morgan fingerprint density at radius 2 is 1.62 bits per heavy atom. The molecule has 2 aromatic carbocycles. The SMILES string of the molecule is COc1cc(F)c(S(=O)(=O)Nc2ccccc2C(C)C)cc1OC. The van der Waals surface area contributed by atoms with Gasteiger partial charge >= 0.3 is 0 Å². The van der Waals surface area contributed by atoms with E-state index in [0.717, 1.165) is 17.7 Å². The number of anilines is 1. The third kappa shape index (κ3) is 3.62. The largest absolute Gasteiger partial charge is 0.493 e. The van der Waals surface area contributed by atoms with Gasteiger partial charge < -0.3 is 9.47 Å². The zero-order valence-corrected chi connectivity index (χ0v) is 14.8. The molecule has 5 nitrogen and oxygen atoms in total. The first-order valence-electron chi connectivity index (χ1n) is 7.33. The maximum absolute atomic E-state index is 14.3. The number of ether oxygens (including phenoxy) is 2. The summed E-state index contributed by atoms with van der Waals surface area (Å²) in [7, 11) is -1.41. The van der Waals surface area contributed by atoms with Gasteiger partial charge in [-0.25, -0.2) is 12.8 Å². The third-order valence-electron chi connectivity index (χ3n) is 3.55. The summed E-state index contributed by atoms with van der Waals surface area (Å²) in [5.74, 6) is -0.547. The molecule has 0 spiro atoms. The molecular formula is C17H20FNO4S. The van der Waals surface area contributed by atoms with Gasteiger partial charge in [0.05, 0.1) is 19.9 Å². The third-order valence-corrected chi connectivity index (χ3v) is 4.94. The summed E-state index contributed by atoms with van der Waals surface area (Å²) in [6, 6.07) is 9.11. The number of para-hydroxylation sites is 1. The van der Waals surface area contributed by atoms with Crippen molar-refractivity contribution in [3.63, 3.8) is 0 Å². The summed E-state index contributed by atoms with van der Waals surface area (Å²) in [4.78, 5) is -0.501. The lowest BCUT2D eigenvalue weighted by atomic mass is 10.0. The van der Waals surface area contributed by atoms with E-state index in [9.17, 15) is 12.8 Å². The minimum Gasteiger partial charge on any atom is -0.493 e. The molecular weight excluding hydrogens is 333 g/mol. The number of benzene rings is 2. The molecule has 0 aliphatic heterocycles. The fourth-order valence-electron chi connectivity index (χ4n) is 2.33. The van der Waals surface area contributed by atoms with Crippen LogP contribution in [0.2, 0.25) is 0 Å². The van der Waals surface area contributed by atoms with E-state index < -0.39 is 20.7 Å². The molecule has 24 heavy (non-hydrogen) atoms. The molecule has 0 heterocycles. The predicted octanol–water partition coefficient (Wildman–Crippen LogP) is 3.77. The number of sulfonamides is 1. The van der Waals surface area contributed by atoms with E-state index in [-0.39, 0.29) is 17.4 Å². The van der Waals surface area contributed by atoms with Crippen LogP contribution in [0, 0.1) is 5.82 Å². The topological polar surface area (TPSA) is 64.6 Å². The molecule has 0 atom stereocenters. The van der Waals surface area contributed by atoms with E-state index in [4.69, 9.17) is 9.47 Å². The molecule has 0 saturated carbocycles. The molecule has 0 unspecified atom stereocenters. The second kappa shape index (κ2) is 7.09. The Morgan fingerprint density at radius 3 is 2.21 bits per heavy atom. The van der Waals surface area contributed by atoms with Crippen LogP contribution in [0.1, 0.15) is 25.3 Å². The Balaban J connectivity index is 2.49. The number of nitrogens with one attached hydrogen (secondary N) is 1. The van der Waals surface area contributed by atoms with Gasteiger partial charge in [-0.05, 0) is 17.5 Å². The Kier molecular flexibility index (Phi) is 5.33. The monoisotopic (exact) mass is 353 g/mol. The number of hydrogen-bond acceptors (Lipinski definition) is 4. The minimum atomic E-state index is -4.12. The average Bonchev–Trinajstić information content (AvgIpc) is 2.54. The van der Waals surface area contributed by atoms with E-state index in [1.165, 1.54) is 14.2 Å². The summed E-state index contributed by atoms with van der Waals surface area (Å²) in [6.45, 7) is 3.90. The van der Waals surface area contributed by atoms with Crippen LogP contribution in [0.25, 0.3) is 0 Å². The number of methoxy groups -OCH3 is 2. The number of hydrogen-bond donors (Lipinski definition) is 1. The van der Waals surface area contributed by atoms with E-state index >= 15 is 0 Å². The lowest BCUT2D eigenvalue weighted by Gasteiger charge is -2.16. The van der Waals surface area contributed by atoms with Gasteiger partial charge in [0, 0.05) is 12.1 Å². The van der Waals surface area contributed by atoms with E-state index in [2.05, 4.69) is 4.72 Å². The highest BCUT2D eigenvalue weighted by molar-refractivity contribution is 7.92. The number of rotatable bonds is 6. The maximum Gasteiger partial charge on any atom is 0.264 e. The van der Waals surface area contributed by atoms with Gasteiger partial charge in [-0.2, -0.15) is 0 Å². The van der Waals surface area contributed by atoms with Crippen molar-refractivity contribution in [2.75, 3.05) is 18.9 Å². The molecule has 0 radical (unpaired) electrons. The van der Waals surface area contributed by atoms with Gasteiger partial charge in [-0.15, -0.1) is 0 Å². The first-order valence-corrected chi connectivity index (χ1v) is 8.81. The lowest BCUT2D eigenvalue weighted by molar-refractivity contribution is 0.350. The Hall–Kier alpha value is -2.28. The summed E-state index contributed by atoms with van der Waals surface area (Å²) in [5.41, 5.74) is 1.24. The standard InChI is InChI=1S/C17H20FNO4S/c1-11(2)12-7-5-6-8-14(12)19-24(20,21)17-10-16(23-4)15(22-3)9-13(17)18/h5-11,19H,1-4H3. The van der Waals surface area contributed by atoms with Crippen molar-refractivity contribution in [3.05, 3.63) is 47.8 Å². The van der Waals surface area contributed by atoms with Gasteiger partial charge in [0.2, 0.25) is 0 Å². The lowest BCUT2D eigenvalue weighted by Crippen LogP contribution is -2.16. The van der Waals surface area contributed by atoms with Gasteiger partial charge in [-0.3, -0.25) is 4.72 Å². The van der Waals surface area contributed by atoms with Crippen molar-refractivity contribution >= 4 is 15.7 Å². The molecule has 2 rings (SSSR count). The zero-order chi connectivity index (χ0) is 17.9. The smallest absolute Gasteiger partial charge is 0.264 e. The first-order chi connectivity index (χ1) is 11.3. The van der Waals surface area contributed by atoms with Gasteiger partial charge in [0.1, 0.15) is 10.7 Å². The summed E-state index contributed by atoms with van der Waals surface area (Å²) >= 11 is 0. The molecule has 1 N–H and O–H groups in total. The summed E-state index contributed by atoms with van der Waals surface area (Å²) in [6.07, 6.45) is 0. The molecule has 0 bridgehead atoms. The second-order valence-electron chi connectivity index (χ2n) is 5.49. The maximum atomic E-state index is 14.3. The van der Waals surface area contributed by atoms with E-state index in [1.807, 2.05) is 26.0 Å². The van der Waals surface area contributed by atoms with Crippen molar-refractivity contribution in [2.24, 2.45) is 0 Å². The van der Waals surface area contributed by atoms with E-state index in [0.29, 0.717) is 5.69 Å². The summed E-state index contributed by atoms with van der Waals surface area (Å²) in [5, 5.41) is 0. The van der Waals surface area contributed by atoms with Crippen molar-refractivity contribution in [1.29, 1.82) is 0 Å². The zero-order valence-electron chi connectivity index (χ0n) is 14.0. The molecule has 2 aromatic rings. The highest BCUT2D eigenvalue weighted by Gasteiger charge is 2.24. The molecule has 0 amide bonds. The molecule has 7 heteroatoms. The second-order valence-corrected chi connectivity index (χ2v) is 7.14. The van der Waals surface area contributed by atoms with E-state index in [1.54, 1.807) is 12.1 Å². The Labute approximate surface area is 141 Å². The number of halogens is 1. The Bertz CT molecular complexity index is 834. The van der Waals surface area contributed by atoms with Crippen molar-refractivity contribution in [2.45, 2.75) is 24.7 Å². The normalized spacial score (nSPS) is 11.4. The van der Waals surface area contributed by atoms with Crippen LogP contribution in [-0.4, -0.2) is 22.6 Å². The fraction of sp³-hybridized carbons (Fsp3) is 0.294. The van der Waals surface area contributed by atoms with Gasteiger partial charge in [0.25, 0.3) is 10.0 Å². The predicted molar refractivity (Wildman–Crippen MR) is 90.8 cm³/mol. The Morgan fingerprint density at radius 1 is 1.04 bits per heavy atom. The molecule has 0 aromatic heterocycles. The quantitative estimate of drug-likeness (QED) is 0.859. The van der Waals surface area contributed by atoms with Crippen LogP contribution in [0.4, 0.5) is 10.1 Å². The summed E-state index contributed by atoms with van der Waals surface area (Å²) < 4.78 is 52.0. The first kappa shape index (κ1) is 18.1. The minimum absolute atomic E-state index is 0.110.